The lowest BCUT2D eigenvalue weighted by molar-refractivity contribution is -0.122. The topological polar surface area (TPSA) is 49.8 Å². The number of ketones is 1. The third-order valence-corrected chi connectivity index (χ3v) is 14.3. The fourth-order valence-electron chi connectivity index (χ4n) is 8.83. The quantitative estimate of drug-likeness (QED) is 0.0487. The molecule has 0 aromatic carbocycles. The summed E-state index contributed by atoms with van der Waals surface area (Å²) in [5, 5.41) is 10.7. The Morgan fingerprint density at radius 3 is 1.42 bits per heavy atom. The molecule has 0 heterocycles. The second kappa shape index (κ2) is 65.0. The molecule has 5 unspecified atom stereocenters. The smallest absolute Gasteiger partial charge is 0.135 e. The van der Waals surface area contributed by atoms with E-state index >= 15 is 0 Å². The molecule has 0 amide bonds. The van der Waals surface area contributed by atoms with Crippen molar-refractivity contribution in [1.82, 2.24) is 4.90 Å². The molecule has 0 radical (unpaired) electrons. The summed E-state index contributed by atoms with van der Waals surface area (Å²) < 4.78 is 6.16. The number of allylic oxidation sites excluding steroid dienone is 3. The maximum atomic E-state index is 12.1. The van der Waals surface area contributed by atoms with Crippen molar-refractivity contribution in [3.05, 3.63) is 24.8 Å². The second-order valence-corrected chi connectivity index (χ2v) is 21.4. The molecule has 5 atom stereocenters. The van der Waals surface area contributed by atoms with E-state index in [1.165, 1.54) is 193 Å². The van der Waals surface area contributed by atoms with Gasteiger partial charge in [0.25, 0.3) is 0 Å². The van der Waals surface area contributed by atoms with Crippen molar-refractivity contribution in [2.75, 3.05) is 32.8 Å². The van der Waals surface area contributed by atoms with Crippen LogP contribution in [0.25, 0.3) is 0 Å². The van der Waals surface area contributed by atoms with Gasteiger partial charge in [-0.05, 0) is 102 Å². The van der Waals surface area contributed by atoms with Gasteiger partial charge in [0.05, 0.1) is 6.10 Å². The highest BCUT2D eigenvalue weighted by molar-refractivity contribution is 5.80. The predicted molar refractivity (Wildman–Crippen MR) is 315 cm³/mol. The SMILES string of the molecule is C=CC.CCC/C=C\C(C)CC.CCCCCCCCC(CC)CCCCCC.CCCCCCCCC(CCCCCC)COCCCCC(O)CN(CCCC)CCCCCC(=O)C(C)CC. The summed E-state index contributed by atoms with van der Waals surface area (Å²) >= 11 is 0. The van der Waals surface area contributed by atoms with E-state index in [4.69, 9.17) is 4.74 Å². The number of carbonyl (C=O) groups is 1. The largest absolute Gasteiger partial charge is 0.392 e. The minimum Gasteiger partial charge on any atom is -0.392 e. The van der Waals surface area contributed by atoms with Gasteiger partial charge in [-0.25, -0.2) is 0 Å². The molecule has 69 heavy (non-hydrogen) atoms. The Balaban J connectivity index is -0.000000590. The number of unbranched alkanes of at least 4 members (excludes halogenated alkanes) is 21. The van der Waals surface area contributed by atoms with E-state index in [1.54, 1.807) is 6.08 Å². The summed E-state index contributed by atoms with van der Waals surface area (Å²) in [4.78, 5) is 14.5. The summed E-state index contributed by atoms with van der Waals surface area (Å²) in [6.45, 7) is 34.5. The number of aliphatic hydroxyl groups is 1. The summed E-state index contributed by atoms with van der Waals surface area (Å²) in [6.07, 6.45) is 55.3. The lowest BCUT2D eigenvalue weighted by atomic mass is 9.92. The Labute approximate surface area is 438 Å². The van der Waals surface area contributed by atoms with Crippen LogP contribution in [-0.2, 0) is 9.53 Å². The van der Waals surface area contributed by atoms with Crippen molar-refractivity contribution in [1.29, 1.82) is 0 Å². The molecule has 0 aliphatic heterocycles. The molecule has 4 heteroatoms. The number of hydrogen-bond acceptors (Lipinski definition) is 4. The van der Waals surface area contributed by atoms with Crippen LogP contribution in [0.2, 0.25) is 0 Å². The van der Waals surface area contributed by atoms with Gasteiger partial charge in [-0.2, -0.15) is 0 Å². The number of rotatable bonds is 49. The van der Waals surface area contributed by atoms with Crippen LogP contribution < -0.4 is 0 Å². The van der Waals surface area contributed by atoms with E-state index in [-0.39, 0.29) is 12.0 Å². The Morgan fingerprint density at radius 1 is 0.522 bits per heavy atom. The van der Waals surface area contributed by atoms with Crippen molar-refractivity contribution in [2.45, 2.75) is 333 Å². The molecule has 0 aromatic rings. The van der Waals surface area contributed by atoms with Crippen molar-refractivity contribution in [2.24, 2.45) is 23.7 Å². The molecule has 0 aliphatic rings. The highest BCUT2D eigenvalue weighted by Crippen LogP contribution is 2.22. The molecule has 1 N–H and O–H groups in total. The van der Waals surface area contributed by atoms with Gasteiger partial charge in [0.2, 0.25) is 0 Å². The third kappa shape index (κ3) is 63.1. The number of nitrogens with zero attached hydrogens (tertiary/aromatic N) is 1. The highest BCUT2D eigenvalue weighted by atomic mass is 16.5. The lowest BCUT2D eigenvalue weighted by Crippen LogP contribution is -2.34. The molecule has 0 saturated carbocycles. The molecule has 416 valence electrons. The Morgan fingerprint density at radius 2 is 0.957 bits per heavy atom. The fourth-order valence-corrected chi connectivity index (χ4v) is 8.83. The number of aliphatic hydroxyl groups excluding tert-OH is 1. The second-order valence-electron chi connectivity index (χ2n) is 21.4. The fraction of sp³-hybridized carbons (Fsp3) is 0.923. The first-order chi connectivity index (χ1) is 33.5. The van der Waals surface area contributed by atoms with E-state index in [0.717, 1.165) is 102 Å². The maximum Gasteiger partial charge on any atom is 0.135 e. The highest BCUT2D eigenvalue weighted by Gasteiger charge is 2.14. The summed E-state index contributed by atoms with van der Waals surface area (Å²) in [5.74, 6) is 3.16. The van der Waals surface area contributed by atoms with E-state index in [1.807, 2.05) is 13.8 Å². The van der Waals surface area contributed by atoms with E-state index in [9.17, 15) is 9.90 Å². The molecule has 0 spiro atoms. The van der Waals surface area contributed by atoms with Gasteiger partial charge < -0.3 is 14.7 Å². The predicted octanol–water partition coefficient (Wildman–Crippen LogP) is 21.5. The van der Waals surface area contributed by atoms with Crippen molar-refractivity contribution in [3.63, 3.8) is 0 Å². The van der Waals surface area contributed by atoms with Gasteiger partial charge in [0.1, 0.15) is 5.78 Å². The molecule has 4 nitrogen and oxygen atoms in total. The average molecular weight is 977 g/mol. The maximum absolute atomic E-state index is 12.1. The third-order valence-electron chi connectivity index (χ3n) is 14.3. The van der Waals surface area contributed by atoms with Crippen LogP contribution in [0.15, 0.2) is 24.8 Å². The summed E-state index contributed by atoms with van der Waals surface area (Å²) in [7, 11) is 0. The van der Waals surface area contributed by atoms with Crippen LogP contribution in [-0.4, -0.2) is 54.7 Å². The minimum absolute atomic E-state index is 0.212. The molecular formula is C65H133NO3. The number of hydrogen-bond donors (Lipinski definition) is 1. The summed E-state index contributed by atoms with van der Waals surface area (Å²) in [5.41, 5.74) is 0. The molecule has 0 rings (SSSR count). The average Bonchev–Trinajstić information content (AvgIpc) is 3.35. The molecule has 0 aromatic heterocycles. The lowest BCUT2D eigenvalue weighted by Gasteiger charge is -2.25. The van der Waals surface area contributed by atoms with E-state index in [2.05, 4.69) is 92.9 Å². The summed E-state index contributed by atoms with van der Waals surface area (Å²) in [6, 6.07) is 0. The number of carbonyl (C=O) groups excluding carboxylic acids is 1. The first-order valence-electron chi connectivity index (χ1n) is 31.3. The first kappa shape index (κ1) is 74.6. The van der Waals surface area contributed by atoms with Crippen LogP contribution in [0.4, 0.5) is 0 Å². The number of ether oxygens (including phenoxy) is 1. The van der Waals surface area contributed by atoms with Gasteiger partial charge in [-0.15, -0.1) is 6.58 Å². The van der Waals surface area contributed by atoms with Gasteiger partial charge >= 0.3 is 0 Å². The standard InChI is InChI=1S/C36H73NO3.C17H36.C9H18.C3H6/c1-6-10-13-15-16-19-25-34(24-18-14-11-7-2)32-40-30-23-21-26-35(38)31-37(28-12-8-3)29-22-17-20-27-36(39)33(5)9-4;1-4-7-9-11-12-14-16-17(6-3)15-13-10-8-5-2;1-4-6-7-8-9(3)5-2;1-3-2/h33-35,38H,6-32H2,1-5H3;17H,4-16H2,1-3H3;7-9H,4-6H2,1-3H3;3H,1H2,2H3/b;;8-7-;. The minimum atomic E-state index is -0.247. The van der Waals surface area contributed by atoms with Crippen LogP contribution >= 0.6 is 0 Å². The van der Waals surface area contributed by atoms with Crippen molar-refractivity contribution >= 4 is 5.78 Å². The monoisotopic (exact) mass is 976 g/mol. The van der Waals surface area contributed by atoms with Gasteiger partial charge in [-0.3, -0.25) is 4.79 Å². The van der Waals surface area contributed by atoms with Crippen molar-refractivity contribution in [3.8, 4) is 0 Å². The molecule has 0 aliphatic carbocycles. The molecule has 0 bridgehead atoms. The van der Waals surface area contributed by atoms with Gasteiger partial charge in [0.15, 0.2) is 0 Å². The first-order valence-corrected chi connectivity index (χ1v) is 31.3. The van der Waals surface area contributed by atoms with Crippen LogP contribution in [0.5, 0.6) is 0 Å². The molecule has 0 saturated heterocycles. The molecular weight excluding hydrogens is 843 g/mol. The van der Waals surface area contributed by atoms with Gasteiger partial charge in [-0.1, -0.05) is 268 Å². The van der Waals surface area contributed by atoms with Crippen LogP contribution in [0, 0.1) is 23.7 Å². The van der Waals surface area contributed by atoms with Crippen LogP contribution in [0.1, 0.15) is 327 Å². The Kier molecular flexibility index (Phi) is 70.3. The van der Waals surface area contributed by atoms with Crippen molar-refractivity contribution < 1.29 is 14.6 Å². The molecule has 0 fully saturated rings. The zero-order valence-corrected chi connectivity index (χ0v) is 49.9. The zero-order valence-electron chi connectivity index (χ0n) is 49.9. The van der Waals surface area contributed by atoms with E-state index < -0.39 is 0 Å². The normalized spacial score (nSPS) is 13.4. The number of Topliss-reactive ketones (excluding diaryl/α,β-unsaturated/α-hetero) is 1. The van der Waals surface area contributed by atoms with Crippen LogP contribution in [0.3, 0.4) is 0 Å². The zero-order chi connectivity index (χ0) is 52.3. The van der Waals surface area contributed by atoms with Gasteiger partial charge in [0, 0.05) is 32.1 Å². The Hall–Kier alpha value is -0.970. The Bertz CT molecular complexity index is 965. The van der Waals surface area contributed by atoms with E-state index in [0.29, 0.717) is 5.78 Å².